The average molecular weight is 307 g/mol. The van der Waals surface area contributed by atoms with Crippen LogP contribution < -0.4 is 16.6 Å². The van der Waals surface area contributed by atoms with E-state index in [0.717, 1.165) is 41.9 Å². The smallest absolute Gasteiger partial charge is 0.240 e. The van der Waals surface area contributed by atoms with Crippen LogP contribution in [0.4, 0.5) is 11.8 Å². The normalized spacial score (nSPS) is 22.4. The molecule has 114 valence electrons. The van der Waals surface area contributed by atoms with Gasteiger partial charge in [-0.3, -0.25) is 5.43 Å². The number of aryl methyl sites for hydroxylation is 1. The molecule has 6 nitrogen and oxygen atoms in total. The van der Waals surface area contributed by atoms with Crippen molar-refractivity contribution in [1.29, 1.82) is 0 Å². The zero-order valence-electron chi connectivity index (χ0n) is 12.4. The molecular formula is C14H21N5OS. The Morgan fingerprint density at radius 3 is 3.00 bits per heavy atom. The van der Waals surface area contributed by atoms with Crippen molar-refractivity contribution in [1.82, 2.24) is 9.97 Å². The zero-order valence-corrected chi connectivity index (χ0v) is 13.2. The van der Waals surface area contributed by atoms with Crippen molar-refractivity contribution in [3.8, 4) is 0 Å². The third-order valence-electron chi connectivity index (χ3n) is 3.78. The molecule has 0 aromatic carbocycles. The number of hydrazine groups is 1. The van der Waals surface area contributed by atoms with Gasteiger partial charge in [0.1, 0.15) is 10.6 Å². The minimum absolute atomic E-state index is 0.0975. The van der Waals surface area contributed by atoms with Crippen molar-refractivity contribution in [2.75, 3.05) is 24.0 Å². The van der Waals surface area contributed by atoms with Gasteiger partial charge in [-0.1, -0.05) is 6.92 Å². The Kier molecular flexibility index (Phi) is 3.97. The summed E-state index contributed by atoms with van der Waals surface area (Å²) < 4.78 is 5.61. The number of thiophene rings is 1. The van der Waals surface area contributed by atoms with Crippen LogP contribution in [0.25, 0.3) is 10.2 Å². The molecule has 2 aromatic heterocycles. The van der Waals surface area contributed by atoms with Crippen LogP contribution in [-0.4, -0.2) is 28.7 Å². The van der Waals surface area contributed by atoms with E-state index in [1.807, 2.05) is 0 Å². The maximum absolute atomic E-state index is 5.61. The molecule has 1 aliphatic heterocycles. The molecule has 0 aliphatic carbocycles. The van der Waals surface area contributed by atoms with Crippen LogP contribution in [0, 0.1) is 0 Å². The van der Waals surface area contributed by atoms with E-state index in [4.69, 9.17) is 10.6 Å². The van der Waals surface area contributed by atoms with Crippen LogP contribution in [0.5, 0.6) is 0 Å². The SMILES string of the molecule is CCc1cc2c(NC3(C)CCCOC3)nc(NN)nc2s1. The van der Waals surface area contributed by atoms with E-state index in [-0.39, 0.29) is 5.54 Å². The van der Waals surface area contributed by atoms with Crippen molar-refractivity contribution >= 4 is 33.3 Å². The van der Waals surface area contributed by atoms with Gasteiger partial charge in [-0.15, -0.1) is 11.3 Å². The summed E-state index contributed by atoms with van der Waals surface area (Å²) in [6.07, 6.45) is 3.12. The van der Waals surface area contributed by atoms with E-state index in [1.165, 1.54) is 4.88 Å². The van der Waals surface area contributed by atoms with E-state index in [0.29, 0.717) is 12.6 Å². The number of nitrogens with one attached hydrogen (secondary N) is 2. The highest BCUT2D eigenvalue weighted by Gasteiger charge is 2.29. The van der Waals surface area contributed by atoms with E-state index < -0.39 is 0 Å². The second kappa shape index (κ2) is 5.75. The number of nitrogens with zero attached hydrogens (tertiary/aromatic N) is 2. The van der Waals surface area contributed by atoms with Gasteiger partial charge in [-0.2, -0.15) is 4.98 Å². The molecule has 0 saturated carbocycles. The van der Waals surface area contributed by atoms with Crippen LogP contribution in [-0.2, 0) is 11.2 Å². The van der Waals surface area contributed by atoms with Gasteiger partial charge in [0.25, 0.3) is 0 Å². The molecule has 0 bridgehead atoms. The van der Waals surface area contributed by atoms with E-state index in [2.05, 4.69) is 40.6 Å². The fourth-order valence-electron chi connectivity index (χ4n) is 2.62. The third kappa shape index (κ3) is 2.95. The van der Waals surface area contributed by atoms with Gasteiger partial charge in [-0.05, 0) is 32.3 Å². The molecular weight excluding hydrogens is 286 g/mol. The van der Waals surface area contributed by atoms with Crippen molar-refractivity contribution in [2.24, 2.45) is 5.84 Å². The monoisotopic (exact) mass is 307 g/mol. The highest BCUT2D eigenvalue weighted by molar-refractivity contribution is 7.18. The zero-order chi connectivity index (χ0) is 14.9. The molecule has 1 atom stereocenters. The third-order valence-corrected chi connectivity index (χ3v) is 4.95. The molecule has 2 aromatic rings. The molecule has 0 spiro atoms. The standard InChI is InChI=1S/C14H21N5OS/c1-3-9-7-10-11(16-13(19-15)17-12(10)21-9)18-14(2)5-4-6-20-8-14/h7H,3-6,8,15H2,1-2H3,(H2,16,17,18,19). The number of aromatic nitrogens is 2. The Labute approximate surface area is 128 Å². The van der Waals surface area contributed by atoms with Crippen LogP contribution in [0.1, 0.15) is 31.6 Å². The lowest BCUT2D eigenvalue weighted by atomic mass is 9.95. The highest BCUT2D eigenvalue weighted by Crippen LogP contribution is 2.33. The number of nitrogen functional groups attached to an aromatic ring is 1. The van der Waals surface area contributed by atoms with Gasteiger partial charge < -0.3 is 10.1 Å². The van der Waals surface area contributed by atoms with Gasteiger partial charge >= 0.3 is 0 Å². The minimum atomic E-state index is -0.0975. The van der Waals surface area contributed by atoms with Gasteiger partial charge in [0.15, 0.2) is 0 Å². The summed E-state index contributed by atoms with van der Waals surface area (Å²) in [7, 11) is 0. The van der Waals surface area contributed by atoms with E-state index in [9.17, 15) is 0 Å². The molecule has 21 heavy (non-hydrogen) atoms. The summed E-state index contributed by atoms with van der Waals surface area (Å²) in [5, 5.41) is 4.61. The van der Waals surface area contributed by atoms with Crippen molar-refractivity contribution in [2.45, 2.75) is 38.6 Å². The minimum Gasteiger partial charge on any atom is -0.379 e. The van der Waals surface area contributed by atoms with Gasteiger partial charge in [0.05, 0.1) is 17.5 Å². The van der Waals surface area contributed by atoms with Gasteiger partial charge in [-0.25, -0.2) is 10.8 Å². The first kappa shape index (κ1) is 14.5. The van der Waals surface area contributed by atoms with Crippen LogP contribution in [0.3, 0.4) is 0 Å². The number of fused-ring (bicyclic) bond motifs is 1. The fraction of sp³-hybridized carbons (Fsp3) is 0.571. The number of hydrogen-bond acceptors (Lipinski definition) is 7. The van der Waals surface area contributed by atoms with Gasteiger partial charge in [0, 0.05) is 11.5 Å². The Bertz CT molecular complexity index is 636. The number of rotatable bonds is 4. The van der Waals surface area contributed by atoms with Crippen LogP contribution in [0.15, 0.2) is 6.07 Å². The van der Waals surface area contributed by atoms with Crippen molar-refractivity contribution < 1.29 is 4.74 Å². The Hall–Kier alpha value is -1.44. The molecule has 4 N–H and O–H groups in total. The first-order valence-electron chi connectivity index (χ1n) is 7.26. The molecule has 1 unspecified atom stereocenters. The Morgan fingerprint density at radius 1 is 1.48 bits per heavy atom. The van der Waals surface area contributed by atoms with Crippen LogP contribution in [0.2, 0.25) is 0 Å². The fourth-order valence-corrected chi connectivity index (χ4v) is 3.59. The molecule has 0 amide bonds. The van der Waals surface area contributed by atoms with E-state index in [1.54, 1.807) is 11.3 Å². The van der Waals surface area contributed by atoms with Crippen molar-refractivity contribution in [3.63, 3.8) is 0 Å². The maximum Gasteiger partial charge on any atom is 0.240 e. The number of anilines is 2. The second-order valence-corrected chi connectivity index (χ2v) is 6.78. The number of nitrogens with two attached hydrogens (primary N) is 1. The Balaban J connectivity index is 2.00. The number of hydrogen-bond donors (Lipinski definition) is 3. The van der Waals surface area contributed by atoms with Gasteiger partial charge in [0.2, 0.25) is 5.95 Å². The lowest BCUT2D eigenvalue weighted by molar-refractivity contribution is 0.0539. The Morgan fingerprint density at radius 2 is 2.33 bits per heavy atom. The van der Waals surface area contributed by atoms with E-state index >= 15 is 0 Å². The quantitative estimate of drug-likeness (QED) is 0.594. The largest absolute Gasteiger partial charge is 0.379 e. The summed E-state index contributed by atoms with van der Waals surface area (Å²) >= 11 is 1.68. The second-order valence-electron chi connectivity index (χ2n) is 5.67. The lowest BCUT2D eigenvalue weighted by Crippen LogP contribution is -2.43. The highest BCUT2D eigenvalue weighted by atomic mass is 32.1. The first-order valence-corrected chi connectivity index (χ1v) is 8.08. The molecule has 3 heterocycles. The predicted octanol–water partition coefficient (Wildman–Crippen LogP) is 2.52. The molecule has 1 aliphatic rings. The topological polar surface area (TPSA) is 85.1 Å². The molecule has 3 rings (SSSR count). The van der Waals surface area contributed by atoms with Crippen LogP contribution >= 0.6 is 11.3 Å². The summed E-state index contributed by atoms with van der Waals surface area (Å²) in [6.45, 7) is 5.84. The predicted molar refractivity (Wildman–Crippen MR) is 86.7 cm³/mol. The first-order chi connectivity index (χ1) is 10.1. The molecule has 0 radical (unpaired) electrons. The summed E-state index contributed by atoms with van der Waals surface area (Å²) in [6, 6.07) is 2.16. The maximum atomic E-state index is 5.61. The summed E-state index contributed by atoms with van der Waals surface area (Å²) in [4.78, 5) is 11.2. The average Bonchev–Trinajstić information content (AvgIpc) is 2.91. The lowest BCUT2D eigenvalue weighted by Gasteiger charge is -2.35. The number of ether oxygens (including phenoxy) is 1. The summed E-state index contributed by atoms with van der Waals surface area (Å²) in [5.74, 6) is 6.76. The molecule has 1 saturated heterocycles. The molecule has 7 heteroatoms. The molecule has 1 fully saturated rings. The van der Waals surface area contributed by atoms with Crippen molar-refractivity contribution in [3.05, 3.63) is 10.9 Å². The summed E-state index contributed by atoms with van der Waals surface area (Å²) in [5.41, 5.74) is 2.45.